The van der Waals surface area contributed by atoms with Crippen molar-refractivity contribution in [3.05, 3.63) is 47.9 Å². The van der Waals surface area contributed by atoms with Crippen LogP contribution in [-0.2, 0) is 11.1 Å². The van der Waals surface area contributed by atoms with Crippen molar-refractivity contribution in [2.75, 3.05) is 17.8 Å². The first kappa shape index (κ1) is 18.2. The molecule has 0 saturated carbocycles. The van der Waals surface area contributed by atoms with Crippen molar-refractivity contribution in [3.8, 4) is 11.3 Å². The molecule has 0 aliphatic heterocycles. The van der Waals surface area contributed by atoms with Crippen LogP contribution in [0.25, 0.3) is 17.3 Å². The number of hydrogen-bond donors (Lipinski definition) is 1. The van der Waals surface area contributed by atoms with Crippen LogP contribution in [0.1, 0.15) is 31.0 Å². The summed E-state index contributed by atoms with van der Waals surface area (Å²) in [5, 5.41) is 0. The molecule has 0 radical (unpaired) electrons. The van der Waals surface area contributed by atoms with Crippen molar-refractivity contribution in [1.82, 2.24) is 9.97 Å². The Balaban J connectivity index is 2.66. The van der Waals surface area contributed by atoms with E-state index in [4.69, 9.17) is 4.55 Å². The lowest BCUT2D eigenvalue weighted by Gasteiger charge is -2.20. The molecule has 0 saturated heterocycles. The Labute approximate surface area is 143 Å². The third kappa shape index (κ3) is 4.04. The van der Waals surface area contributed by atoms with Crippen LogP contribution in [0.15, 0.2) is 30.8 Å². The van der Waals surface area contributed by atoms with Crippen molar-refractivity contribution in [2.24, 2.45) is 0 Å². The van der Waals surface area contributed by atoms with Crippen LogP contribution >= 0.6 is 0 Å². The van der Waals surface area contributed by atoms with Crippen LogP contribution in [0.3, 0.4) is 0 Å². The van der Waals surface area contributed by atoms with Gasteiger partial charge in [0.1, 0.15) is 11.7 Å². The highest BCUT2D eigenvalue weighted by atomic mass is 32.2. The maximum absolute atomic E-state index is 13.2. The minimum absolute atomic E-state index is 0.103. The first-order valence-corrected chi connectivity index (χ1v) is 8.70. The second-order valence-electron chi connectivity index (χ2n) is 5.69. The van der Waals surface area contributed by atoms with Crippen LogP contribution in [0.4, 0.5) is 10.3 Å². The van der Waals surface area contributed by atoms with E-state index in [1.807, 2.05) is 13.8 Å². The monoisotopic (exact) mass is 349 g/mol. The molecule has 0 aliphatic carbocycles. The zero-order chi connectivity index (χ0) is 17.9. The van der Waals surface area contributed by atoms with Gasteiger partial charge in [0.25, 0.3) is 0 Å². The third-order valence-corrected chi connectivity index (χ3v) is 4.09. The van der Waals surface area contributed by atoms with Crippen LogP contribution in [0, 0.1) is 5.82 Å². The Bertz CT molecular complexity index is 763. The Kier molecular flexibility index (Phi) is 5.80. The van der Waals surface area contributed by atoms with Crippen molar-refractivity contribution < 1.29 is 13.2 Å². The molecule has 2 aromatic rings. The predicted molar refractivity (Wildman–Crippen MR) is 95.6 cm³/mol. The molecule has 1 unspecified atom stereocenters. The lowest BCUT2D eigenvalue weighted by atomic mass is 9.98. The van der Waals surface area contributed by atoms with Gasteiger partial charge in [-0.3, -0.25) is 0 Å². The van der Waals surface area contributed by atoms with Gasteiger partial charge in [0, 0.05) is 18.2 Å². The molecule has 1 atom stereocenters. The van der Waals surface area contributed by atoms with Gasteiger partial charge in [0.2, 0.25) is 5.95 Å². The first-order valence-electron chi connectivity index (χ1n) is 7.42. The lowest BCUT2D eigenvalue weighted by molar-refractivity contribution is 0.563. The minimum atomic E-state index is -2.00. The molecule has 1 heterocycles. The van der Waals surface area contributed by atoms with E-state index in [-0.39, 0.29) is 17.6 Å². The average molecular weight is 349 g/mol. The van der Waals surface area contributed by atoms with E-state index in [1.165, 1.54) is 17.0 Å². The second-order valence-corrected chi connectivity index (χ2v) is 6.59. The summed E-state index contributed by atoms with van der Waals surface area (Å²) < 4.78 is 33.4. The number of nitrogens with zero attached hydrogens (tertiary/aromatic N) is 3. The highest BCUT2D eigenvalue weighted by molar-refractivity contribution is 7.79. The number of hydrogen-bond acceptors (Lipinski definition) is 4. The van der Waals surface area contributed by atoms with E-state index in [2.05, 4.69) is 16.5 Å². The van der Waals surface area contributed by atoms with Crippen LogP contribution in [0.2, 0.25) is 0 Å². The first-order chi connectivity index (χ1) is 11.3. The zero-order valence-corrected chi connectivity index (χ0v) is 14.7. The minimum Gasteiger partial charge on any atom is -0.330 e. The molecule has 1 aromatic heterocycles. The predicted octanol–water partition coefficient (Wildman–Crippen LogP) is 3.66. The molecular formula is C17H20FN3O2S. The smallest absolute Gasteiger partial charge is 0.226 e. The normalized spacial score (nSPS) is 12.2. The molecule has 0 amide bonds. The molecule has 0 aliphatic rings. The highest BCUT2D eigenvalue weighted by Gasteiger charge is 2.18. The summed E-state index contributed by atoms with van der Waals surface area (Å²) in [5.41, 5.74) is 2.91. The van der Waals surface area contributed by atoms with E-state index in [1.54, 1.807) is 25.3 Å². The molecule has 1 aromatic carbocycles. The van der Waals surface area contributed by atoms with Crippen LogP contribution < -0.4 is 4.90 Å². The van der Waals surface area contributed by atoms with Crippen molar-refractivity contribution >= 4 is 23.1 Å². The maximum Gasteiger partial charge on any atom is 0.226 e. The Morgan fingerprint density at radius 2 is 1.96 bits per heavy atom. The molecule has 0 bridgehead atoms. The Hall–Kier alpha value is -2.12. The fourth-order valence-corrected chi connectivity index (χ4v) is 2.78. The zero-order valence-electron chi connectivity index (χ0n) is 13.9. The molecule has 1 N–H and O–H groups in total. The summed E-state index contributed by atoms with van der Waals surface area (Å²) in [6, 6.07) is 6.02. The molecule has 0 spiro atoms. The fraction of sp³-hybridized carbons (Fsp3) is 0.294. The van der Waals surface area contributed by atoms with E-state index in [9.17, 15) is 8.60 Å². The lowest BCUT2D eigenvalue weighted by Crippen LogP contribution is -2.25. The molecule has 5 nitrogen and oxygen atoms in total. The van der Waals surface area contributed by atoms with Crippen molar-refractivity contribution in [2.45, 2.75) is 19.8 Å². The van der Waals surface area contributed by atoms with Gasteiger partial charge in [-0.2, -0.15) is 0 Å². The largest absolute Gasteiger partial charge is 0.330 e. The molecular weight excluding hydrogens is 329 g/mol. The highest BCUT2D eigenvalue weighted by Crippen LogP contribution is 2.30. The van der Waals surface area contributed by atoms with Gasteiger partial charge in [0.05, 0.1) is 11.4 Å². The standard InChI is InChI=1S/C17H20FN3O2S/c1-5-14-15(11(2)3)19-17(21(4)10-24(22)23)20-16(14)12-6-8-13(18)9-7-12/h5-9,11H,1,10H2,2-4H3,(H,22,23). The summed E-state index contributed by atoms with van der Waals surface area (Å²) in [5.74, 6) is 0.0106. The van der Waals surface area contributed by atoms with E-state index in [0.29, 0.717) is 11.6 Å². The summed E-state index contributed by atoms with van der Waals surface area (Å²) in [4.78, 5) is 10.6. The third-order valence-electron chi connectivity index (χ3n) is 3.48. The Morgan fingerprint density at radius 1 is 1.33 bits per heavy atom. The number of halogens is 1. The summed E-state index contributed by atoms with van der Waals surface area (Å²) in [6.07, 6.45) is 1.68. The van der Waals surface area contributed by atoms with Crippen LogP contribution in [0.5, 0.6) is 0 Å². The maximum atomic E-state index is 13.2. The van der Waals surface area contributed by atoms with Gasteiger partial charge in [-0.25, -0.2) is 18.6 Å². The second kappa shape index (κ2) is 7.63. The molecule has 0 fully saturated rings. The molecule has 2 rings (SSSR count). The molecule has 24 heavy (non-hydrogen) atoms. The topological polar surface area (TPSA) is 66.3 Å². The van der Waals surface area contributed by atoms with Gasteiger partial charge in [-0.05, 0) is 30.2 Å². The van der Waals surface area contributed by atoms with E-state index >= 15 is 0 Å². The van der Waals surface area contributed by atoms with Crippen molar-refractivity contribution in [1.29, 1.82) is 0 Å². The fourth-order valence-electron chi connectivity index (χ4n) is 2.34. The van der Waals surface area contributed by atoms with Crippen molar-refractivity contribution in [3.63, 3.8) is 0 Å². The van der Waals surface area contributed by atoms with Gasteiger partial charge in [-0.15, -0.1) is 0 Å². The van der Waals surface area contributed by atoms with Gasteiger partial charge >= 0.3 is 0 Å². The molecule has 7 heteroatoms. The van der Waals surface area contributed by atoms with Gasteiger partial charge in [-0.1, -0.05) is 26.5 Å². The van der Waals surface area contributed by atoms with E-state index < -0.39 is 11.1 Å². The van der Waals surface area contributed by atoms with Gasteiger partial charge < -0.3 is 9.45 Å². The number of benzene rings is 1. The average Bonchev–Trinajstić information content (AvgIpc) is 2.53. The molecule has 128 valence electrons. The SMILES string of the molecule is C=Cc1c(-c2ccc(F)cc2)nc(N(C)CS(=O)O)nc1C(C)C. The summed E-state index contributed by atoms with van der Waals surface area (Å²) in [7, 11) is 1.65. The van der Waals surface area contributed by atoms with Crippen LogP contribution in [-0.4, -0.2) is 31.7 Å². The van der Waals surface area contributed by atoms with Gasteiger partial charge in [0.15, 0.2) is 11.1 Å². The summed E-state index contributed by atoms with van der Waals surface area (Å²) in [6.45, 7) is 7.84. The number of rotatable bonds is 6. The van der Waals surface area contributed by atoms with E-state index in [0.717, 1.165) is 16.8 Å². The Morgan fingerprint density at radius 3 is 2.46 bits per heavy atom. The quantitative estimate of drug-likeness (QED) is 0.806. The summed E-state index contributed by atoms with van der Waals surface area (Å²) >= 11 is -2.00. The number of aromatic nitrogens is 2. The number of anilines is 1.